The molecule has 2 aliphatic rings. The van der Waals surface area contributed by atoms with Gasteiger partial charge in [0, 0.05) is 11.8 Å². The molecule has 4 amide bonds. The molecule has 1 aromatic rings. The lowest BCUT2D eigenvalue weighted by Crippen LogP contribution is -2.54. The van der Waals surface area contributed by atoms with Crippen LogP contribution >= 0.6 is 0 Å². The first-order valence-electron chi connectivity index (χ1n) is 10.1. The minimum Gasteiger partial charge on any atom is -0.497 e. The average Bonchev–Trinajstić information content (AvgIpc) is 2.95. The fourth-order valence-electron chi connectivity index (χ4n) is 4.00. The summed E-state index contributed by atoms with van der Waals surface area (Å²) in [6, 6.07) is 6.15. The second kappa shape index (κ2) is 8.73. The lowest BCUT2D eigenvalue weighted by molar-refractivity contribution is -0.155. The predicted molar refractivity (Wildman–Crippen MR) is 108 cm³/mol. The molecule has 9 heteroatoms. The van der Waals surface area contributed by atoms with Crippen molar-refractivity contribution in [3.8, 4) is 5.75 Å². The molecule has 0 aromatic heterocycles. The molecule has 0 radical (unpaired) electrons. The van der Waals surface area contributed by atoms with Crippen LogP contribution in [0.1, 0.15) is 39.5 Å². The number of anilines is 1. The Balaban J connectivity index is 1.57. The fraction of sp³-hybridized carbons (Fsp3) is 0.524. The van der Waals surface area contributed by atoms with E-state index in [0.29, 0.717) is 17.9 Å². The molecule has 1 saturated carbocycles. The van der Waals surface area contributed by atoms with Crippen molar-refractivity contribution in [2.75, 3.05) is 19.0 Å². The highest BCUT2D eigenvalue weighted by atomic mass is 16.5. The Morgan fingerprint density at radius 1 is 1.33 bits per heavy atom. The van der Waals surface area contributed by atoms with E-state index >= 15 is 0 Å². The van der Waals surface area contributed by atoms with Crippen LogP contribution < -0.4 is 15.4 Å². The number of benzene rings is 1. The van der Waals surface area contributed by atoms with Crippen LogP contribution in [0.5, 0.6) is 5.75 Å². The van der Waals surface area contributed by atoms with Gasteiger partial charge < -0.3 is 20.1 Å². The Kier molecular flexibility index (Phi) is 6.28. The average molecular weight is 417 g/mol. The normalized spacial score (nSPS) is 24.4. The smallest absolute Gasteiger partial charge is 0.327 e. The van der Waals surface area contributed by atoms with Crippen LogP contribution in [0.2, 0.25) is 0 Å². The van der Waals surface area contributed by atoms with E-state index in [-0.39, 0.29) is 5.92 Å². The fourth-order valence-corrected chi connectivity index (χ4v) is 4.00. The zero-order chi connectivity index (χ0) is 21.9. The molecule has 1 aliphatic heterocycles. The molecule has 2 fully saturated rings. The number of carbonyl (C=O) groups excluding carboxylic acids is 4. The highest BCUT2D eigenvalue weighted by Crippen LogP contribution is 2.38. The van der Waals surface area contributed by atoms with Crippen LogP contribution in [-0.2, 0) is 19.1 Å². The minimum atomic E-state index is -1.10. The second-order valence-corrected chi connectivity index (χ2v) is 7.79. The van der Waals surface area contributed by atoms with Gasteiger partial charge in [-0.3, -0.25) is 19.3 Å². The molecule has 1 saturated heterocycles. The van der Waals surface area contributed by atoms with Gasteiger partial charge in [-0.2, -0.15) is 0 Å². The van der Waals surface area contributed by atoms with Gasteiger partial charge in [0.1, 0.15) is 17.8 Å². The molecule has 2 N–H and O–H groups in total. The van der Waals surface area contributed by atoms with Crippen LogP contribution in [0, 0.1) is 5.92 Å². The van der Waals surface area contributed by atoms with E-state index in [0.717, 1.165) is 24.2 Å². The zero-order valence-corrected chi connectivity index (χ0v) is 17.4. The Bertz CT molecular complexity index is 857. The third-order valence-corrected chi connectivity index (χ3v) is 5.80. The molecular formula is C21H27N3O6. The first kappa shape index (κ1) is 21.6. The molecule has 0 unspecified atom stereocenters. The van der Waals surface area contributed by atoms with E-state index in [2.05, 4.69) is 10.6 Å². The maximum Gasteiger partial charge on any atom is 0.327 e. The number of imide groups is 1. The number of esters is 1. The van der Waals surface area contributed by atoms with Crippen molar-refractivity contribution in [2.24, 2.45) is 5.92 Å². The van der Waals surface area contributed by atoms with Gasteiger partial charge >= 0.3 is 12.0 Å². The Morgan fingerprint density at radius 2 is 2.10 bits per heavy atom. The maximum absolute atomic E-state index is 12.9. The highest BCUT2D eigenvalue weighted by Gasteiger charge is 2.55. The molecule has 1 heterocycles. The second-order valence-electron chi connectivity index (χ2n) is 7.79. The van der Waals surface area contributed by atoms with Crippen molar-refractivity contribution in [1.29, 1.82) is 0 Å². The van der Waals surface area contributed by atoms with Crippen LogP contribution in [0.25, 0.3) is 0 Å². The quantitative estimate of drug-likeness (QED) is 0.541. The molecule has 162 valence electrons. The van der Waals surface area contributed by atoms with Gasteiger partial charge in [0.25, 0.3) is 11.8 Å². The maximum atomic E-state index is 12.9. The molecular weight excluding hydrogens is 390 g/mol. The van der Waals surface area contributed by atoms with Crippen molar-refractivity contribution in [3.05, 3.63) is 24.3 Å². The highest BCUT2D eigenvalue weighted by molar-refractivity contribution is 6.09. The largest absolute Gasteiger partial charge is 0.497 e. The molecule has 30 heavy (non-hydrogen) atoms. The molecule has 3 atom stereocenters. The predicted octanol–water partition coefficient (Wildman–Crippen LogP) is 2.07. The number of carbonyl (C=O) groups is 4. The van der Waals surface area contributed by atoms with E-state index in [1.165, 1.54) is 14.0 Å². The van der Waals surface area contributed by atoms with Crippen LogP contribution in [0.3, 0.4) is 0 Å². The number of nitrogens with zero attached hydrogens (tertiary/aromatic N) is 1. The Morgan fingerprint density at radius 3 is 2.80 bits per heavy atom. The van der Waals surface area contributed by atoms with E-state index in [1.54, 1.807) is 24.3 Å². The zero-order valence-electron chi connectivity index (χ0n) is 17.4. The van der Waals surface area contributed by atoms with Gasteiger partial charge in [-0.15, -0.1) is 0 Å². The number of ether oxygens (including phenoxy) is 2. The topological polar surface area (TPSA) is 114 Å². The minimum absolute atomic E-state index is 0.00344. The summed E-state index contributed by atoms with van der Waals surface area (Å²) in [5.74, 6) is -1.19. The Hall–Kier alpha value is -3.10. The van der Waals surface area contributed by atoms with E-state index in [1.807, 2.05) is 6.92 Å². The third kappa shape index (κ3) is 4.24. The lowest BCUT2D eigenvalue weighted by atomic mass is 9.73. The number of amides is 4. The van der Waals surface area contributed by atoms with Crippen LogP contribution in [0.15, 0.2) is 24.3 Å². The standard InChI is InChI=1S/C21H27N3O6/c1-13-7-4-5-10-21(13)19(27)24(20(28)23-21)12-17(25)30-14(2)18(26)22-15-8-6-9-16(11-15)29-3/h6,8-9,11,13-14H,4-5,7,10,12H2,1-3H3,(H,22,26)(H,23,28)/t13-,14-,21-/m0/s1. The van der Waals surface area contributed by atoms with Gasteiger partial charge in [-0.25, -0.2) is 4.79 Å². The van der Waals surface area contributed by atoms with Crippen molar-refractivity contribution < 1.29 is 28.7 Å². The molecule has 3 rings (SSSR count). The molecule has 0 bridgehead atoms. The molecule has 1 aliphatic carbocycles. The molecule has 9 nitrogen and oxygen atoms in total. The summed E-state index contributed by atoms with van der Waals surface area (Å²) in [5.41, 5.74) is -0.449. The van der Waals surface area contributed by atoms with Gasteiger partial charge in [0.05, 0.1) is 7.11 Å². The lowest BCUT2D eigenvalue weighted by Gasteiger charge is -2.36. The summed E-state index contributed by atoms with van der Waals surface area (Å²) < 4.78 is 10.2. The Labute approximate surface area is 175 Å². The van der Waals surface area contributed by atoms with Crippen LogP contribution in [0.4, 0.5) is 10.5 Å². The summed E-state index contributed by atoms with van der Waals surface area (Å²) >= 11 is 0. The SMILES string of the molecule is COc1cccc(NC(=O)[C@H](C)OC(=O)CN2C(=O)N[C@]3(CCCC[C@@H]3C)C2=O)c1. The number of hydrogen-bond acceptors (Lipinski definition) is 6. The summed E-state index contributed by atoms with van der Waals surface area (Å²) in [4.78, 5) is 50.8. The number of nitrogens with one attached hydrogen (secondary N) is 2. The summed E-state index contributed by atoms with van der Waals surface area (Å²) in [7, 11) is 1.51. The molecule has 1 spiro atoms. The van der Waals surface area contributed by atoms with Gasteiger partial charge in [-0.05, 0) is 37.8 Å². The van der Waals surface area contributed by atoms with Crippen molar-refractivity contribution >= 4 is 29.5 Å². The van der Waals surface area contributed by atoms with Gasteiger partial charge in [0.15, 0.2) is 6.10 Å². The summed E-state index contributed by atoms with van der Waals surface area (Å²) in [5, 5.41) is 5.41. The van der Waals surface area contributed by atoms with E-state index in [4.69, 9.17) is 9.47 Å². The van der Waals surface area contributed by atoms with Gasteiger partial charge in [0.2, 0.25) is 0 Å². The number of methoxy groups -OCH3 is 1. The number of rotatable bonds is 6. The van der Waals surface area contributed by atoms with Crippen molar-refractivity contribution in [3.63, 3.8) is 0 Å². The number of hydrogen-bond donors (Lipinski definition) is 2. The van der Waals surface area contributed by atoms with Crippen molar-refractivity contribution in [1.82, 2.24) is 10.2 Å². The van der Waals surface area contributed by atoms with Crippen molar-refractivity contribution in [2.45, 2.75) is 51.2 Å². The van der Waals surface area contributed by atoms with E-state index < -0.39 is 42.0 Å². The first-order chi connectivity index (χ1) is 14.3. The molecule has 1 aromatic carbocycles. The van der Waals surface area contributed by atoms with E-state index in [9.17, 15) is 19.2 Å². The first-order valence-corrected chi connectivity index (χ1v) is 10.1. The van der Waals surface area contributed by atoms with Crippen LogP contribution in [-0.4, -0.2) is 54.0 Å². The monoisotopic (exact) mass is 417 g/mol. The summed E-state index contributed by atoms with van der Waals surface area (Å²) in [6.45, 7) is 2.82. The number of urea groups is 1. The summed E-state index contributed by atoms with van der Waals surface area (Å²) in [6.07, 6.45) is 2.14. The third-order valence-electron chi connectivity index (χ3n) is 5.80. The van der Waals surface area contributed by atoms with Gasteiger partial charge in [-0.1, -0.05) is 25.8 Å².